The molecule has 3 nitrogen and oxygen atoms in total. The number of hydrogen-bond acceptors (Lipinski definition) is 3. The fourth-order valence-electron chi connectivity index (χ4n) is 2.64. The van der Waals surface area contributed by atoms with Crippen molar-refractivity contribution >= 4 is 17.2 Å². The summed E-state index contributed by atoms with van der Waals surface area (Å²) in [6.07, 6.45) is 0.554. The molecular formula is C15H19F3N2OS. The SMILES string of the molecule is CN(C/C=C/C(=O)N1CCCC1c1ccsc1)CC(F)(F)F. The number of halogens is 3. The van der Waals surface area contributed by atoms with E-state index in [4.69, 9.17) is 0 Å². The Morgan fingerprint density at radius 2 is 2.32 bits per heavy atom. The van der Waals surface area contributed by atoms with E-state index in [9.17, 15) is 18.0 Å². The first kappa shape index (κ1) is 17.0. The molecule has 0 saturated carbocycles. The molecule has 1 aromatic heterocycles. The normalized spacial score (nSPS) is 19.5. The Hall–Kier alpha value is -1.34. The summed E-state index contributed by atoms with van der Waals surface area (Å²) in [5.41, 5.74) is 1.14. The maximum Gasteiger partial charge on any atom is 0.401 e. The molecule has 1 atom stereocenters. The van der Waals surface area contributed by atoms with Crippen molar-refractivity contribution in [3.8, 4) is 0 Å². The van der Waals surface area contributed by atoms with Crippen LogP contribution in [0.4, 0.5) is 13.2 Å². The summed E-state index contributed by atoms with van der Waals surface area (Å²) in [7, 11) is 1.38. The van der Waals surface area contributed by atoms with Crippen LogP contribution in [0.3, 0.4) is 0 Å². The van der Waals surface area contributed by atoms with Gasteiger partial charge >= 0.3 is 6.18 Å². The average molecular weight is 332 g/mol. The number of amides is 1. The molecular weight excluding hydrogens is 313 g/mol. The summed E-state index contributed by atoms with van der Waals surface area (Å²) >= 11 is 1.60. The molecule has 1 fully saturated rings. The van der Waals surface area contributed by atoms with E-state index in [-0.39, 0.29) is 18.5 Å². The number of thiophene rings is 1. The molecule has 1 unspecified atom stereocenters. The van der Waals surface area contributed by atoms with Crippen molar-refractivity contribution in [2.24, 2.45) is 0 Å². The molecule has 22 heavy (non-hydrogen) atoms. The van der Waals surface area contributed by atoms with Crippen molar-refractivity contribution in [2.75, 3.05) is 26.7 Å². The van der Waals surface area contributed by atoms with Crippen LogP contribution in [0.5, 0.6) is 0 Å². The van der Waals surface area contributed by atoms with Gasteiger partial charge in [-0.05, 0) is 42.3 Å². The quantitative estimate of drug-likeness (QED) is 0.771. The predicted molar refractivity (Wildman–Crippen MR) is 80.7 cm³/mol. The van der Waals surface area contributed by atoms with E-state index < -0.39 is 12.7 Å². The lowest BCUT2D eigenvalue weighted by Crippen LogP contribution is -2.31. The zero-order valence-electron chi connectivity index (χ0n) is 12.3. The number of carbonyl (C=O) groups excluding carboxylic acids is 1. The minimum Gasteiger partial charge on any atom is -0.332 e. The van der Waals surface area contributed by atoms with E-state index in [0.29, 0.717) is 6.54 Å². The Labute approximate surface area is 132 Å². The second-order valence-electron chi connectivity index (χ2n) is 5.46. The van der Waals surface area contributed by atoms with Gasteiger partial charge in [0.1, 0.15) is 0 Å². The molecule has 7 heteroatoms. The highest BCUT2D eigenvalue weighted by atomic mass is 32.1. The molecule has 2 rings (SSSR count). The zero-order valence-corrected chi connectivity index (χ0v) is 13.2. The van der Waals surface area contributed by atoms with Gasteiger partial charge in [-0.25, -0.2) is 0 Å². The maximum atomic E-state index is 12.2. The monoisotopic (exact) mass is 332 g/mol. The van der Waals surface area contributed by atoms with Crippen LogP contribution >= 0.6 is 11.3 Å². The lowest BCUT2D eigenvalue weighted by Gasteiger charge is -2.23. The van der Waals surface area contributed by atoms with Gasteiger partial charge in [0.05, 0.1) is 12.6 Å². The van der Waals surface area contributed by atoms with Crippen LogP contribution in [0, 0.1) is 0 Å². The average Bonchev–Trinajstić information content (AvgIpc) is 3.07. The molecule has 1 aromatic rings. The van der Waals surface area contributed by atoms with Gasteiger partial charge < -0.3 is 4.90 Å². The summed E-state index contributed by atoms with van der Waals surface area (Å²) in [5.74, 6) is -0.130. The Balaban J connectivity index is 1.87. The number of carbonyl (C=O) groups is 1. The van der Waals surface area contributed by atoms with Crippen LogP contribution in [0.15, 0.2) is 29.0 Å². The third kappa shape index (κ3) is 4.84. The third-order valence-corrected chi connectivity index (χ3v) is 4.29. The molecule has 0 N–H and O–H groups in total. The van der Waals surface area contributed by atoms with Crippen LogP contribution in [-0.2, 0) is 4.79 Å². The van der Waals surface area contributed by atoms with E-state index >= 15 is 0 Å². The molecule has 1 amide bonds. The first-order valence-electron chi connectivity index (χ1n) is 7.11. The molecule has 2 heterocycles. The number of likely N-dealkylation sites (tertiary alicyclic amines) is 1. The summed E-state index contributed by atoms with van der Waals surface area (Å²) in [6.45, 7) is -0.183. The number of alkyl halides is 3. The minimum absolute atomic E-state index is 0.0938. The fourth-order valence-corrected chi connectivity index (χ4v) is 3.35. The van der Waals surface area contributed by atoms with Crippen molar-refractivity contribution in [2.45, 2.75) is 25.1 Å². The van der Waals surface area contributed by atoms with Crippen LogP contribution in [-0.4, -0.2) is 48.6 Å². The molecule has 0 spiro atoms. The van der Waals surface area contributed by atoms with Gasteiger partial charge in [0, 0.05) is 19.2 Å². The first-order chi connectivity index (χ1) is 10.4. The standard InChI is InChI=1S/C15H19F3N2OS/c1-19(11-15(16,17)18)7-3-5-14(21)20-8-2-4-13(20)12-6-9-22-10-12/h3,5-6,9-10,13H,2,4,7-8,11H2,1H3/b5-3+. The van der Waals surface area contributed by atoms with Crippen molar-refractivity contribution in [3.05, 3.63) is 34.5 Å². The summed E-state index contributed by atoms with van der Waals surface area (Å²) in [5, 5.41) is 4.02. The molecule has 0 aliphatic carbocycles. The number of likely N-dealkylation sites (N-methyl/N-ethyl adjacent to an activating group) is 1. The van der Waals surface area contributed by atoms with Gasteiger partial charge in [-0.2, -0.15) is 24.5 Å². The largest absolute Gasteiger partial charge is 0.401 e. The van der Waals surface area contributed by atoms with Crippen LogP contribution in [0.2, 0.25) is 0 Å². The van der Waals surface area contributed by atoms with Gasteiger partial charge in [0.25, 0.3) is 0 Å². The van der Waals surface area contributed by atoms with Gasteiger partial charge in [0.15, 0.2) is 0 Å². The van der Waals surface area contributed by atoms with Crippen molar-refractivity contribution in [1.29, 1.82) is 0 Å². The highest BCUT2D eigenvalue weighted by Crippen LogP contribution is 2.33. The first-order valence-corrected chi connectivity index (χ1v) is 8.05. The molecule has 1 saturated heterocycles. The smallest absolute Gasteiger partial charge is 0.332 e. The Morgan fingerprint density at radius 3 is 2.95 bits per heavy atom. The third-order valence-electron chi connectivity index (χ3n) is 3.59. The maximum absolute atomic E-state index is 12.2. The Morgan fingerprint density at radius 1 is 1.55 bits per heavy atom. The van der Waals surface area contributed by atoms with Gasteiger partial charge in [-0.1, -0.05) is 6.08 Å². The lowest BCUT2D eigenvalue weighted by molar-refractivity contribution is -0.141. The van der Waals surface area contributed by atoms with E-state index in [1.165, 1.54) is 19.2 Å². The minimum atomic E-state index is -4.22. The van der Waals surface area contributed by atoms with Crippen molar-refractivity contribution in [1.82, 2.24) is 9.80 Å². The van der Waals surface area contributed by atoms with Crippen LogP contribution in [0.25, 0.3) is 0 Å². The molecule has 0 radical (unpaired) electrons. The van der Waals surface area contributed by atoms with E-state index in [2.05, 4.69) is 0 Å². The highest BCUT2D eigenvalue weighted by molar-refractivity contribution is 7.07. The Kier molecular flexibility index (Phi) is 5.63. The van der Waals surface area contributed by atoms with Gasteiger partial charge in [-0.3, -0.25) is 9.69 Å². The Bertz CT molecular complexity index is 513. The van der Waals surface area contributed by atoms with Crippen LogP contribution < -0.4 is 0 Å². The number of rotatable bonds is 5. The number of hydrogen-bond donors (Lipinski definition) is 0. The zero-order chi connectivity index (χ0) is 16.2. The predicted octanol–water partition coefficient (Wildman–Crippen LogP) is 3.46. The lowest BCUT2D eigenvalue weighted by atomic mass is 10.1. The molecule has 1 aliphatic rings. The topological polar surface area (TPSA) is 23.6 Å². The fraction of sp³-hybridized carbons (Fsp3) is 0.533. The summed E-state index contributed by atoms with van der Waals surface area (Å²) < 4.78 is 36.6. The van der Waals surface area contributed by atoms with Gasteiger partial charge in [-0.15, -0.1) is 0 Å². The van der Waals surface area contributed by atoms with Crippen molar-refractivity contribution in [3.63, 3.8) is 0 Å². The molecule has 0 bridgehead atoms. The van der Waals surface area contributed by atoms with Gasteiger partial charge in [0.2, 0.25) is 5.91 Å². The second-order valence-corrected chi connectivity index (χ2v) is 6.24. The van der Waals surface area contributed by atoms with Crippen LogP contribution in [0.1, 0.15) is 24.4 Å². The molecule has 122 valence electrons. The summed E-state index contributed by atoms with van der Waals surface area (Å²) in [4.78, 5) is 15.1. The molecule has 1 aliphatic heterocycles. The van der Waals surface area contributed by atoms with Crippen molar-refractivity contribution < 1.29 is 18.0 Å². The second kappa shape index (κ2) is 7.28. The van der Waals surface area contributed by atoms with E-state index in [1.807, 2.05) is 16.8 Å². The molecule has 0 aromatic carbocycles. The summed E-state index contributed by atoms with van der Waals surface area (Å²) in [6, 6.07) is 2.11. The highest BCUT2D eigenvalue weighted by Gasteiger charge is 2.30. The van der Waals surface area contributed by atoms with E-state index in [0.717, 1.165) is 23.3 Å². The number of nitrogens with zero attached hydrogens (tertiary/aromatic N) is 2. The van der Waals surface area contributed by atoms with E-state index in [1.54, 1.807) is 16.2 Å².